The number of aliphatic imine (C=N–C) groups is 1. The molecule has 0 aromatic rings. The minimum Gasteiger partial charge on any atom is -0.356 e. The minimum absolute atomic E-state index is 0. The highest BCUT2D eigenvalue weighted by atomic mass is 127. The molecule has 0 spiro atoms. The average Bonchev–Trinajstić information content (AvgIpc) is 2.34. The van der Waals surface area contributed by atoms with Crippen LogP contribution < -0.4 is 5.32 Å². The van der Waals surface area contributed by atoms with E-state index in [9.17, 15) is 13.2 Å². The van der Waals surface area contributed by atoms with E-state index in [1.807, 2.05) is 0 Å². The Morgan fingerprint density at radius 2 is 1.85 bits per heavy atom. The van der Waals surface area contributed by atoms with Gasteiger partial charge in [-0.25, -0.2) is 0 Å². The Morgan fingerprint density at radius 3 is 2.35 bits per heavy atom. The maximum atomic E-state index is 12.0. The molecule has 20 heavy (non-hydrogen) atoms. The van der Waals surface area contributed by atoms with Crippen molar-refractivity contribution in [1.82, 2.24) is 10.2 Å². The van der Waals surface area contributed by atoms with E-state index in [0.29, 0.717) is 13.0 Å². The first-order chi connectivity index (χ1) is 8.92. The van der Waals surface area contributed by atoms with Crippen LogP contribution in [0.25, 0.3) is 0 Å². The van der Waals surface area contributed by atoms with Crippen LogP contribution in [0.2, 0.25) is 0 Å². The van der Waals surface area contributed by atoms with Crippen LogP contribution in [0, 0.1) is 5.92 Å². The standard InChI is InChI=1S/C13H24F3N3.HI/c1-11-5-9-19(10-6-11)12(17-2)18-8-4-3-7-13(14,15)16;/h11H,3-10H2,1-2H3,(H,17,18);1H. The number of unbranched alkanes of at least 4 members (excludes halogenated alkanes) is 1. The van der Waals surface area contributed by atoms with Gasteiger partial charge in [0.1, 0.15) is 0 Å². The predicted octanol–water partition coefficient (Wildman–Crippen LogP) is 3.64. The van der Waals surface area contributed by atoms with Crippen molar-refractivity contribution in [2.24, 2.45) is 10.9 Å². The largest absolute Gasteiger partial charge is 0.389 e. The van der Waals surface area contributed by atoms with Crippen molar-refractivity contribution in [1.29, 1.82) is 0 Å². The lowest BCUT2D eigenvalue weighted by Crippen LogP contribution is -2.45. The molecule has 0 atom stereocenters. The fourth-order valence-corrected chi connectivity index (χ4v) is 2.20. The lowest BCUT2D eigenvalue weighted by atomic mass is 10.00. The van der Waals surface area contributed by atoms with E-state index in [2.05, 4.69) is 22.1 Å². The molecule has 1 saturated heterocycles. The number of guanidine groups is 1. The summed E-state index contributed by atoms with van der Waals surface area (Å²) >= 11 is 0. The molecular formula is C13H25F3IN3. The number of rotatable bonds is 4. The molecule has 0 amide bonds. The highest BCUT2D eigenvalue weighted by Gasteiger charge is 2.25. The Bertz CT molecular complexity index is 287. The molecule has 1 aliphatic rings. The van der Waals surface area contributed by atoms with Crippen LogP contribution in [0.1, 0.15) is 39.0 Å². The Balaban J connectivity index is 0.00000361. The second-order valence-corrected chi connectivity index (χ2v) is 5.22. The molecule has 1 heterocycles. The van der Waals surface area contributed by atoms with E-state index < -0.39 is 12.6 Å². The van der Waals surface area contributed by atoms with Gasteiger partial charge in [0.15, 0.2) is 5.96 Å². The molecule has 120 valence electrons. The molecule has 1 N–H and O–H groups in total. The number of hydrogen-bond acceptors (Lipinski definition) is 1. The fourth-order valence-electron chi connectivity index (χ4n) is 2.20. The maximum absolute atomic E-state index is 12.0. The van der Waals surface area contributed by atoms with Crippen molar-refractivity contribution in [2.75, 3.05) is 26.7 Å². The van der Waals surface area contributed by atoms with Gasteiger partial charge in [0.05, 0.1) is 0 Å². The second-order valence-electron chi connectivity index (χ2n) is 5.22. The molecule has 0 saturated carbocycles. The highest BCUT2D eigenvalue weighted by molar-refractivity contribution is 14.0. The van der Waals surface area contributed by atoms with Crippen LogP contribution in [0.5, 0.6) is 0 Å². The summed E-state index contributed by atoms with van der Waals surface area (Å²) in [6.07, 6.45) is -1.75. The van der Waals surface area contributed by atoms with E-state index in [0.717, 1.165) is 37.8 Å². The molecule has 1 rings (SSSR count). The monoisotopic (exact) mass is 407 g/mol. The molecular weight excluding hydrogens is 382 g/mol. The van der Waals surface area contributed by atoms with Crippen LogP contribution >= 0.6 is 24.0 Å². The number of alkyl halides is 3. The molecule has 0 unspecified atom stereocenters. The quantitative estimate of drug-likeness (QED) is 0.334. The summed E-state index contributed by atoms with van der Waals surface area (Å²) in [7, 11) is 1.72. The SMILES string of the molecule is CN=C(NCCCCC(F)(F)F)N1CCC(C)CC1.I. The summed E-state index contributed by atoms with van der Waals surface area (Å²) in [5, 5.41) is 3.15. The van der Waals surface area contributed by atoms with E-state index in [-0.39, 0.29) is 30.4 Å². The van der Waals surface area contributed by atoms with Gasteiger partial charge in [-0.1, -0.05) is 6.92 Å². The van der Waals surface area contributed by atoms with Crippen LogP contribution in [0.15, 0.2) is 4.99 Å². The van der Waals surface area contributed by atoms with E-state index in [1.54, 1.807) is 7.05 Å². The summed E-state index contributed by atoms with van der Waals surface area (Å²) in [5.41, 5.74) is 0. The van der Waals surface area contributed by atoms with Crippen LogP contribution in [-0.4, -0.2) is 43.7 Å². The summed E-state index contributed by atoms with van der Waals surface area (Å²) < 4.78 is 35.9. The minimum atomic E-state index is -4.04. The van der Waals surface area contributed by atoms with E-state index >= 15 is 0 Å². The zero-order valence-electron chi connectivity index (χ0n) is 12.2. The third-order valence-corrected chi connectivity index (χ3v) is 3.47. The van der Waals surface area contributed by atoms with Crippen molar-refractivity contribution < 1.29 is 13.2 Å². The molecule has 0 bridgehead atoms. The second kappa shape index (κ2) is 9.68. The van der Waals surface area contributed by atoms with Crippen LogP contribution in [0.3, 0.4) is 0 Å². The lowest BCUT2D eigenvalue weighted by molar-refractivity contribution is -0.135. The van der Waals surface area contributed by atoms with Gasteiger partial charge >= 0.3 is 6.18 Å². The van der Waals surface area contributed by atoms with Gasteiger partial charge in [-0.05, 0) is 31.6 Å². The number of hydrogen-bond donors (Lipinski definition) is 1. The van der Waals surface area contributed by atoms with Crippen LogP contribution in [0.4, 0.5) is 13.2 Å². The maximum Gasteiger partial charge on any atom is 0.389 e. The molecule has 7 heteroatoms. The molecule has 0 aromatic carbocycles. The van der Waals surface area contributed by atoms with Crippen molar-refractivity contribution in [2.45, 2.75) is 45.2 Å². The van der Waals surface area contributed by atoms with Gasteiger partial charge in [-0.2, -0.15) is 13.2 Å². The first-order valence-electron chi connectivity index (χ1n) is 6.94. The van der Waals surface area contributed by atoms with Gasteiger partial charge in [0.2, 0.25) is 0 Å². The van der Waals surface area contributed by atoms with E-state index in [4.69, 9.17) is 0 Å². The van der Waals surface area contributed by atoms with Crippen molar-refractivity contribution >= 4 is 29.9 Å². The van der Waals surface area contributed by atoms with E-state index in [1.165, 1.54) is 0 Å². The molecule has 0 aliphatic carbocycles. The molecule has 1 fully saturated rings. The smallest absolute Gasteiger partial charge is 0.356 e. The van der Waals surface area contributed by atoms with Crippen molar-refractivity contribution in [3.8, 4) is 0 Å². The van der Waals surface area contributed by atoms with Gasteiger partial charge in [0.25, 0.3) is 0 Å². The van der Waals surface area contributed by atoms with Gasteiger partial charge in [-0.15, -0.1) is 24.0 Å². The van der Waals surface area contributed by atoms with Gasteiger partial charge in [-0.3, -0.25) is 4.99 Å². The zero-order valence-corrected chi connectivity index (χ0v) is 14.5. The molecule has 0 aromatic heterocycles. The molecule has 3 nitrogen and oxygen atoms in total. The first-order valence-corrected chi connectivity index (χ1v) is 6.94. The third-order valence-electron chi connectivity index (χ3n) is 3.47. The predicted molar refractivity (Wildman–Crippen MR) is 86.7 cm³/mol. The average molecular weight is 407 g/mol. The topological polar surface area (TPSA) is 27.6 Å². The third kappa shape index (κ3) is 8.16. The number of likely N-dealkylation sites (tertiary alicyclic amines) is 1. The summed E-state index contributed by atoms with van der Waals surface area (Å²) in [4.78, 5) is 6.38. The van der Waals surface area contributed by atoms with Crippen molar-refractivity contribution in [3.05, 3.63) is 0 Å². The number of nitrogens with one attached hydrogen (secondary N) is 1. The number of halogens is 4. The Labute approximate surface area is 136 Å². The number of piperidine rings is 1. The summed E-state index contributed by atoms with van der Waals surface area (Å²) in [6, 6.07) is 0. The summed E-state index contributed by atoms with van der Waals surface area (Å²) in [5.74, 6) is 1.57. The van der Waals surface area contributed by atoms with Crippen LogP contribution in [-0.2, 0) is 0 Å². The van der Waals surface area contributed by atoms with Gasteiger partial charge in [0, 0.05) is 33.1 Å². The Kier molecular flexibility index (Phi) is 9.58. The Hall–Kier alpha value is -0.210. The normalized spacial score (nSPS) is 17.9. The Morgan fingerprint density at radius 1 is 1.25 bits per heavy atom. The summed E-state index contributed by atoms with van der Waals surface area (Å²) in [6.45, 7) is 4.74. The lowest BCUT2D eigenvalue weighted by Gasteiger charge is -2.32. The zero-order chi connectivity index (χ0) is 14.3. The van der Waals surface area contributed by atoms with Gasteiger partial charge < -0.3 is 10.2 Å². The fraction of sp³-hybridized carbons (Fsp3) is 0.923. The number of nitrogens with zero attached hydrogens (tertiary/aromatic N) is 2. The van der Waals surface area contributed by atoms with Crippen molar-refractivity contribution in [3.63, 3.8) is 0 Å². The molecule has 0 radical (unpaired) electrons. The molecule has 1 aliphatic heterocycles. The first kappa shape index (κ1) is 19.8. The highest BCUT2D eigenvalue weighted by Crippen LogP contribution is 2.22.